The van der Waals surface area contributed by atoms with Gasteiger partial charge in [0.1, 0.15) is 6.54 Å². The van der Waals surface area contributed by atoms with Gasteiger partial charge in [0.25, 0.3) is 10.1 Å². The van der Waals surface area contributed by atoms with Crippen LogP contribution in [-0.4, -0.2) is 49.3 Å². The summed E-state index contributed by atoms with van der Waals surface area (Å²) >= 11 is 6.72. The smallest absolute Gasteiger partial charge is 0.334 e. The van der Waals surface area contributed by atoms with Crippen molar-refractivity contribution in [3.63, 3.8) is 0 Å². The van der Waals surface area contributed by atoms with Gasteiger partial charge in [-0.25, -0.2) is 4.58 Å². The molecule has 5 rings (SSSR count). The lowest BCUT2D eigenvalue weighted by Gasteiger charge is -2.31. The number of hydrogen-bond acceptors (Lipinski definition) is 5. The molecular weight excluding hydrogens is 668 g/mol. The van der Waals surface area contributed by atoms with Gasteiger partial charge in [-0.3, -0.25) is 9.11 Å². The summed E-state index contributed by atoms with van der Waals surface area (Å²) in [6, 6.07) is 31.9. The quantitative estimate of drug-likeness (QED) is 0.121. The number of hydrogen-bond donors (Lipinski definition) is 2. The summed E-state index contributed by atoms with van der Waals surface area (Å²) < 4.78 is 72.5. The zero-order valence-corrected chi connectivity index (χ0v) is 28.8. The number of benzene rings is 4. The molecule has 2 unspecified atom stereocenters. The highest BCUT2D eigenvalue weighted by atomic mass is 35.5. The molecule has 1 aliphatic carbocycles. The molecule has 0 aromatic heterocycles. The van der Waals surface area contributed by atoms with Gasteiger partial charge in [0.15, 0.2) is 5.37 Å². The molecule has 0 aliphatic heterocycles. The van der Waals surface area contributed by atoms with Crippen molar-refractivity contribution in [3.8, 4) is 0 Å². The van der Waals surface area contributed by atoms with E-state index in [0.29, 0.717) is 40.6 Å². The Bertz CT molecular complexity index is 2090. The summed E-state index contributed by atoms with van der Waals surface area (Å²) in [6.45, 7) is 4.26. The van der Waals surface area contributed by atoms with E-state index in [2.05, 4.69) is 0 Å². The van der Waals surface area contributed by atoms with E-state index in [9.17, 15) is 25.9 Å². The van der Waals surface area contributed by atoms with Gasteiger partial charge >= 0.3 is 15.5 Å². The van der Waals surface area contributed by atoms with E-state index in [-0.39, 0.29) is 0 Å². The van der Waals surface area contributed by atoms with Gasteiger partial charge in [-0.1, -0.05) is 103 Å². The van der Waals surface area contributed by atoms with Gasteiger partial charge in [0.2, 0.25) is 5.71 Å². The molecule has 0 amide bonds. The third-order valence-electron chi connectivity index (χ3n) is 8.10. The molecule has 11 heteroatoms. The van der Waals surface area contributed by atoms with E-state index in [0.717, 1.165) is 22.3 Å². The van der Waals surface area contributed by atoms with Crippen LogP contribution in [0.2, 0.25) is 5.02 Å². The van der Waals surface area contributed by atoms with E-state index < -0.39 is 31.0 Å². The highest BCUT2D eigenvalue weighted by Gasteiger charge is 2.37. The van der Waals surface area contributed by atoms with E-state index in [1.807, 2.05) is 56.3 Å². The molecule has 2 atom stereocenters. The van der Waals surface area contributed by atoms with Gasteiger partial charge < -0.3 is 4.90 Å². The maximum Gasteiger partial charge on any atom is 0.334 e. The predicted octanol–water partition coefficient (Wildman–Crippen LogP) is 7.74. The second-order valence-corrected chi connectivity index (χ2v) is 14.4. The van der Waals surface area contributed by atoms with Gasteiger partial charge in [-0.15, -0.1) is 0 Å². The molecule has 0 saturated heterocycles. The summed E-state index contributed by atoms with van der Waals surface area (Å²) in [5, 5.41) is -2.06. The lowest BCUT2D eigenvalue weighted by molar-refractivity contribution is -0.545. The molecule has 0 spiro atoms. The molecular formula is C37H36ClN2O6S2+. The van der Waals surface area contributed by atoms with Crippen molar-refractivity contribution in [1.82, 2.24) is 0 Å². The molecule has 0 bridgehead atoms. The number of nitrogens with zero attached hydrogens (tertiary/aromatic N) is 2. The zero-order valence-electron chi connectivity index (χ0n) is 26.4. The summed E-state index contributed by atoms with van der Waals surface area (Å²) in [5.74, 6) is 0. The Morgan fingerprint density at radius 2 is 1.25 bits per heavy atom. The molecule has 4 aromatic carbocycles. The number of anilines is 1. The van der Waals surface area contributed by atoms with Crippen LogP contribution in [0.3, 0.4) is 0 Å². The molecule has 2 N–H and O–H groups in total. The Morgan fingerprint density at radius 1 is 0.708 bits per heavy atom. The third-order valence-corrected chi connectivity index (χ3v) is 10.6. The first-order valence-electron chi connectivity index (χ1n) is 15.3. The van der Waals surface area contributed by atoms with Crippen LogP contribution < -0.4 is 4.90 Å². The van der Waals surface area contributed by atoms with Crippen LogP contribution in [-0.2, 0) is 20.2 Å². The van der Waals surface area contributed by atoms with E-state index >= 15 is 0 Å². The van der Waals surface area contributed by atoms with Crippen molar-refractivity contribution in [2.24, 2.45) is 0 Å². The van der Waals surface area contributed by atoms with Crippen molar-refractivity contribution in [3.05, 3.63) is 166 Å². The molecule has 0 radical (unpaired) electrons. The zero-order chi connectivity index (χ0) is 34.5. The van der Waals surface area contributed by atoms with Crippen molar-refractivity contribution >= 4 is 48.8 Å². The Morgan fingerprint density at radius 3 is 1.75 bits per heavy atom. The van der Waals surface area contributed by atoms with Crippen LogP contribution >= 0.6 is 11.6 Å². The van der Waals surface area contributed by atoms with E-state index in [1.54, 1.807) is 100 Å². The first kappa shape index (κ1) is 35.0. The first-order valence-corrected chi connectivity index (χ1v) is 18.7. The van der Waals surface area contributed by atoms with Gasteiger partial charge in [-0.05, 0) is 66.5 Å². The van der Waals surface area contributed by atoms with Gasteiger partial charge in [-0.2, -0.15) is 16.8 Å². The minimum atomic E-state index is -4.50. The van der Waals surface area contributed by atoms with Crippen LogP contribution in [0.1, 0.15) is 46.8 Å². The molecule has 0 heterocycles. The lowest BCUT2D eigenvalue weighted by Crippen LogP contribution is -2.34. The van der Waals surface area contributed by atoms with E-state index in [4.69, 9.17) is 11.6 Å². The highest BCUT2D eigenvalue weighted by Crippen LogP contribution is 2.37. The van der Waals surface area contributed by atoms with Crippen molar-refractivity contribution in [2.45, 2.75) is 24.6 Å². The average molecular weight is 704 g/mol. The van der Waals surface area contributed by atoms with E-state index in [1.165, 1.54) is 0 Å². The van der Waals surface area contributed by atoms with Crippen molar-refractivity contribution < 1.29 is 30.5 Å². The fourth-order valence-electron chi connectivity index (χ4n) is 6.01. The second kappa shape index (κ2) is 14.8. The molecule has 8 nitrogen and oxygen atoms in total. The standard InChI is InChI=1S/C37H35ClN2O6S2/c1-3-39(36(47(41,42)43)29-13-7-5-8-14-29)31-23-19-27(20-24-31)35(33-17-11-12-18-34(33)38)28-21-25-32(26-22-28)40(4-2)37(48(44,45)46)30-15-9-6-10-16-30/h5-26,36-37H,3-4H2,1-2H3,(H-,41,42,43,44,45,46)/p+1. The van der Waals surface area contributed by atoms with Crippen LogP contribution in [0, 0.1) is 0 Å². The predicted molar refractivity (Wildman–Crippen MR) is 192 cm³/mol. The van der Waals surface area contributed by atoms with Crippen molar-refractivity contribution in [2.75, 3.05) is 18.0 Å². The average Bonchev–Trinajstić information content (AvgIpc) is 3.07. The fraction of sp³-hybridized carbons (Fsp3) is 0.162. The number of allylic oxidation sites excluding steroid dienone is 5. The van der Waals surface area contributed by atoms with Crippen molar-refractivity contribution in [1.29, 1.82) is 0 Å². The summed E-state index contributed by atoms with van der Waals surface area (Å²) in [4.78, 5) is 1.62. The second-order valence-electron chi connectivity index (χ2n) is 11.1. The monoisotopic (exact) mass is 703 g/mol. The molecule has 4 aromatic rings. The molecule has 248 valence electrons. The molecule has 48 heavy (non-hydrogen) atoms. The molecule has 0 fully saturated rings. The largest absolute Gasteiger partial charge is 0.350 e. The minimum absolute atomic E-state index is 0.308. The van der Waals surface area contributed by atoms with Gasteiger partial charge in [0, 0.05) is 40.5 Å². The van der Waals surface area contributed by atoms with Crippen LogP contribution in [0.25, 0.3) is 5.57 Å². The normalized spacial score (nSPS) is 14.4. The Kier molecular flexibility index (Phi) is 10.8. The maximum absolute atomic E-state index is 12.6. The minimum Gasteiger partial charge on any atom is -0.350 e. The van der Waals surface area contributed by atoms with Crippen LogP contribution in [0.15, 0.2) is 139 Å². The summed E-state index contributed by atoms with van der Waals surface area (Å²) in [7, 11) is -8.99. The maximum atomic E-state index is 12.6. The first-order chi connectivity index (χ1) is 22.9. The van der Waals surface area contributed by atoms with Gasteiger partial charge in [0.05, 0.1) is 0 Å². The fourth-order valence-corrected chi connectivity index (χ4v) is 8.43. The third kappa shape index (κ3) is 7.69. The Labute approximate surface area is 287 Å². The van der Waals surface area contributed by atoms with Crippen LogP contribution in [0.4, 0.5) is 5.69 Å². The topological polar surface area (TPSA) is 115 Å². The Hall–Kier alpha value is -4.32. The summed E-state index contributed by atoms with van der Waals surface area (Å²) in [6.07, 6.45) is 7.36. The lowest BCUT2D eigenvalue weighted by atomic mass is 9.90. The number of rotatable bonds is 11. The Balaban J connectivity index is 1.60. The highest BCUT2D eigenvalue weighted by molar-refractivity contribution is 7.86. The summed E-state index contributed by atoms with van der Waals surface area (Å²) in [5.41, 5.74) is 5.23. The molecule has 0 saturated carbocycles. The SMILES string of the molecule is CCN(c1ccc(C(=C2C=CC(=[N+](CC)C(c3ccccc3)S(=O)(=O)O)C=C2)c2ccccc2Cl)cc1)C(c1ccccc1)S(=O)(=O)O. The number of halogens is 1. The molecule has 1 aliphatic rings. The van der Waals surface area contributed by atoms with Crippen LogP contribution in [0.5, 0.6) is 0 Å².